The van der Waals surface area contributed by atoms with Gasteiger partial charge >= 0.3 is 18.1 Å². The van der Waals surface area contributed by atoms with Crippen LogP contribution in [0.15, 0.2) is 47.4 Å². The predicted molar refractivity (Wildman–Crippen MR) is 175 cm³/mol. The number of aromatic nitrogens is 1. The fraction of sp³-hybridized carbons (Fsp3) is 0.455. The molecule has 1 saturated heterocycles. The summed E-state index contributed by atoms with van der Waals surface area (Å²) in [6.45, 7) is 3.16. The lowest BCUT2D eigenvalue weighted by Crippen LogP contribution is -2.44. The maximum atomic E-state index is 13.7. The van der Waals surface area contributed by atoms with E-state index in [0.29, 0.717) is 47.7 Å². The predicted octanol–water partition coefficient (Wildman–Crippen LogP) is 4.45. The summed E-state index contributed by atoms with van der Waals surface area (Å²) in [6.07, 6.45) is -2.52. The fourth-order valence-electron chi connectivity index (χ4n) is 5.52. The molecule has 0 spiro atoms. The molecule has 1 fully saturated rings. The lowest BCUT2D eigenvalue weighted by molar-refractivity contribution is -0.157. The van der Waals surface area contributed by atoms with Crippen molar-refractivity contribution in [2.45, 2.75) is 56.5 Å². The molecule has 2 heterocycles. The number of methoxy groups -OCH3 is 1. The van der Waals surface area contributed by atoms with Crippen LogP contribution in [0, 0.1) is 11.8 Å². The minimum Gasteiger partial charge on any atom is -0.495 e. The van der Waals surface area contributed by atoms with Crippen LogP contribution in [-0.2, 0) is 35.4 Å². The first-order valence-electron chi connectivity index (χ1n) is 15.2. The Morgan fingerprint density at radius 3 is 2.42 bits per heavy atom. The van der Waals surface area contributed by atoms with Gasteiger partial charge in [0.2, 0.25) is 0 Å². The fourth-order valence-corrected chi connectivity index (χ4v) is 6.16. The van der Waals surface area contributed by atoms with E-state index >= 15 is 0 Å². The number of carbonyl (C=O) groups excluding carboxylic acids is 2. The quantitative estimate of drug-likeness (QED) is 0.208. The summed E-state index contributed by atoms with van der Waals surface area (Å²) >= 11 is 0. The van der Waals surface area contributed by atoms with Crippen LogP contribution in [-0.4, -0.2) is 94.3 Å². The molecule has 1 aliphatic rings. The van der Waals surface area contributed by atoms with Crippen LogP contribution < -0.4 is 15.4 Å². The Morgan fingerprint density at radius 2 is 1.79 bits per heavy atom. The Labute approximate surface area is 277 Å². The highest BCUT2D eigenvalue weighted by Gasteiger charge is 2.30. The number of carbonyl (C=O) groups is 2. The van der Waals surface area contributed by atoms with E-state index in [9.17, 15) is 31.2 Å². The van der Waals surface area contributed by atoms with Crippen LogP contribution in [0.25, 0.3) is 10.9 Å². The molecule has 0 radical (unpaired) electrons. The van der Waals surface area contributed by atoms with Crippen molar-refractivity contribution in [1.29, 1.82) is 0 Å². The molecule has 0 bridgehead atoms. The van der Waals surface area contributed by atoms with Crippen LogP contribution in [0.3, 0.4) is 0 Å². The molecule has 48 heavy (non-hydrogen) atoms. The number of piperidine rings is 1. The van der Waals surface area contributed by atoms with Gasteiger partial charge in [-0.05, 0) is 49.1 Å². The number of nitrogens with one attached hydrogen (secondary N) is 2. The number of hydrogen-bond donors (Lipinski definition) is 2. The topological polar surface area (TPSA) is 128 Å². The van der Waals surface area contributed by atoms with Gasteiger partial charge in [-0.25, -0.2) is 8.42 Å². The number of likely N-dealkylation sites (tertiary alicyclic amines) is 1. The average molecular weight is 693 g/mol. The molecule has 0 amide bonds. The maximum Gasteiger partial charge on any atom is 0.406 e. The molecular weight excluding hydrogens is 653 g/mol. The van der Waals surface area contributed by atoms with Gasteiger partial charge < -0.3 is 29.4 Å². The molecule has 4 rings (SSSR count). The zero-order valence-electron chi connectivity index (χ0n) is 27.1. The lowest BCUT2D eigenvalue weighted by Gasteiger charge is -2.34. The van der Waals surface area contributed by atoms with Gasteiger partial charge in [-0.15, -0.1) is 0 Å². The summed E-state index contributed by atoms with van der Waals surface area (Å²) < 4.78 is 81.6. The summed E-state index contributed by atoms with van der Waals surface area (Å²) in [7, 11) is -2.04. The van der Waals surface area contributed by atoms with E-state index in [0.717, 1.165) is 23.7 Å². The number of alkyl halides is 3. The first-order valence-corrected chi connectivity index (χ1v) is 17.1. The third-order valence-corrected chi connectivity index (χ3v) is 8.79. The summed E-state index contributed by atoms with van der Waals surface area (Å²) in [5, 5.41) is 7.13. The highest BCUT2D eigenvalue weighted by Crippen LogP contribution is 2.32. The van der Waals surface area contributed by atoms with E-state index in [1.165, 1.54) is 33.1 Å². The summed E-state index contributed by atoms with van der Waals surface area (Å²) in [5.74, 6) is 5.11. The summed E-state index contributed by atoms with van der Waals surface area (Å²) in [5.41, 5.74) is 1.76. The Kier molecular flexibility index (Phi) is 11.9. The normalized spacial score (nSPS) is 14.9. The number of nitrogens with zero attached hydrogens (tertiary/aromatic N) is 2. The van der Waals surface area contributed by atoms with Gasteiger partial charge in [0.25, 0.3) is 0 Å². The van der Waals surface area contributed by atoms with Crippen LogP contribution in [0.5, 0.6) is 5.75 Å². The lowest BCUT2D eigenvalue weighted by atomic mass is 10.0. The Hall–Kier alpha value is -4.42. The van der Waals surface area contributed by atoms with Crippen molar-refractivity contribution >= 4 is 44.1 Å². The van der Waals surface area contributed by atoms with Crippen molar-refractivity contribution in [3.63, 3.8) is 0 Å². The van der Waals surface area contributed by atoms with Crippen molar-refractivity contribution in [3.05, 3.63) is 48.2 Å². The highest BCUT2D eigenvalue weighted by molar-refractivity contribution is 7.90. The number of sulfone groups is 1. The van der Waals surface area contributed by atoms with Gasteiger partial charge in [-0.3, -0.25) is 14.5 Å². The monoisotopic (exact) mass is 692 g/mol. The van der Waals surface area contributed by atoms with Crippen molar-refractivity contribution in [2.24, 2.45) is 0 Å². The largest absolute Gasteiger partial charge is 0.495 e. The number of hydrogen-bond acceptors (Lipinski definition) is 10. The van der Waals surface area contributed by atoms with Crippen LogP contribution in [0.2, 0.25) is 0 Å². The van der Waals surface area contributed by atoms with Crippen molar-refractivity contribution in [1.82, 2.24) is 9.47 Å². The second kappa shape index (κ2) is 15.7. The van der Waals surface area contributed by atoms with Crippen LogP contribution in [0.4, 0.5) is 24.5 Å². The number of esters is 2. The molecule has 2 N–H and O–H groups in total. The van der Waals surface area contributed by atoms with Gasteiger partial charge in [0.05, 0.1) is 35.4 Å². The molecule has 1 unspecified atom stereocenters. The van der Waals surface area contributed by atoms with E-state index < -0.39 is 40.6 Å². The molecule has 3 aromatic rings. The zero-order chi connectivity index (χ0) is 35.1. The van der Waals surface area contributed by atoms with Gasteiger partial charge in [0.1, 0.15) is 25.0 Å². The van der Waals surface area contributed by atoms with Gasteiger partial charge in [-0.2, -0.15) is 13.2 Å². The standard InChI is InChI=1S/C33H39F3N4O7S/c1-22(41)46-20-26(47-23(2)42)19-39-15-12-24(13-16-39)38-29-8-5-9-31-28(29)17-25(40(31)21-33(34,35)36)7-6-14-37-30-11-10-27(48(4,43)44)18-32(30)45-3/h5,8-11,17-18,24,26,37-38H,12-16,19-21H2,1-4H3. The number of fused-ring (bicyclic) bond motifs is 1. The Balaban J connectivity index is 1.48. The van der Waals surface area contributed by atoms with E-state index in [2.05, 4.69) is 27.4 Å². The number of anilines is 2. The molecule has 15 heteroatoms. The summed E-state index contributed by atoms with van der Waals surface area (Å²) in [4.78, 5) is 24.9. The third-order valence-electron chi connectivity index (χ3n) is 7.68. The number of benzene rings is 2. The molecular formula is C33H39F3N4O7S. The molecule has 1 atom stereocenters. The van der Waals surface area contributed by atoms with Crippen LogP contribution in [0.1, 0.15) is 32.4 Å². The van der Waals surface area contributed by atoms with E-state index in [1.54, 1.807) is 24.3 Å². The maximum absolute atomic E-state index is 13.7. The van der Waals surface area contributed by atoms with E-state index in [1.807, 2.05) is 6.07 Å². The summed E-state index contributed by atoms with van der Waals surface area (Å²) in [6, 6.07) is 11.2. The molecule has 0 saturated carbocycles. The molecule has 2 aromatic carbocycles. The Bertz CT molecular complexity index is 1790. The first kappa shape index (κ1) is 36.4. The van der Waals surface area contributed by atoms with Gasteiger partial charge in [0, 0.05) is 62.9 Å². The first-order chi connectivity index (χ1) is 22.6. The van der Waals surface area contributed by atoms with Gasteiger partial charge in [0.15, 0.2) is 9.84 Å². The van der Waals surface area contributed by atoms with E-state index in [4.69, 9.17) is 14.2 Å². The SMILES string of the molecule is COc1cc(S(C)(=O)=O)ccc1NCC#Cc1cc2c(NC3CCN(CC(COC(C)=O)OC(C)=O)CC3)cccc2n1CC(F)(F)F. The van der Waals surface area contributed by atoms with Crippen molar-refractivity contribution in [3.8, 4) is 17.6 Å². The number of rotatable bonds is 12. The zero-order valence-corrected chi connectivity index (χ0v) is 28.0. The minimum absolute atomic E-state index is 0.0298. The van der Waals surface area contributed by atoms with Crippen LogP contribution >= 0.6 is 0 Å². The van der Waals surface area contributed by atoms with E-state index in [-0.39, 0.29) is 29.8 Å². The Morgan fingerprint density at radius 1 is 1.06 bits per heavy atom. The molecule has 1 aromatic heterocycles. The molecule has 260 valence electrons. The van der Waals surface area contributed by atoms with Crippen molar-refractivity contribution < 1.29 is 45.4 Å². The van der Waals surface area contributed by atoms with Crippen molar-refractivity contribution in [2.75, 3.05) is 56.8 Å². The highest BCUT2D eigenvalue weighted by atomic mass is 32.2. The second-order valence-electron chi connectivity index (χ2n) is 11.5. The number of halogens is 3. The smallest absolute Gasteiger partial charge is 0.406 e. The molecule has 0 aliphatic carbocycles. The average Bonchev–Trinajstić information content (AvgIpc) is 3.34. The minimum atomic E-state index is -4.48. The van der Waals surface area contributed by atoms with Gasteiger partial charge in [-0.1, -0.05) is 12.0 Å². The number of ether oxygens (including phenoxy) is 3. The molecule has 11 nitrogen and oxygen atoms in total. The third kappa shape index (κ3) is 10.3. The molecule has 1 aliphatic heterocycles. The second-order valence-corrected chi connectivity index (χ2v) is 13.5.